The Bertz CT molecular complexity index is 2620. The van der Waals surface area contributed by atoms with Crippen LogP contribution < -0.4 is 10.0 Å². The molecule has 64 heavy (non-hydrogen) atoms. The van der Waals surface area contributed by atoms with Crippen LogP contribution in [0, 0.1) is 0 Å². The Morgan fingerprint density at radius 1 is 0.750 bits per heavy atom. The monoisotopic (exact) mass is 915 g/mol. The highest BCUT2D eigenvalue weighted by Crippen LogP contribution is 2.39. The molecular formula is C47H65N9O6S2. The lowest BCUT2D eigenvalue weighted by atomic mass is 9.91. The number of nitrogens with one attached hydrogen (secondary N) is 2. The number of sulfonamides is 1. The van der Waals surface area contributed by atoms with Crippen LogP contribution in [0.15, 0.2) is 28.4 Å². The maximum atomic E-state index is 13.3. The molecule has 346 valence electrons. The van der Waals surface area contributed by atoms with Crippen LogP contribution in [0.1, 0.15) is 146 Å². The van der Waals surface area contributed by atoms with Crippen LogP contribution in [0.3, 0.4) is 0 Å². The summed E-state index contributed by atoms with van der Waals surface area (Å²) in [5.41, 5.74) is 13.1. The van der Waals surface area contributed by atoms with E-state index in [1.165, 1.54) is 33.4 Å². The smallest absolute Gasteiger partial charge is 0.307 e. The van der Waals surface area contributed by atoms with Crippen molar-refractivity contribution in [3.63, 3.8) is 0 Å². The van der Waals surface area contributed by atoms with Gasteiger partial charge in [0.2, 0.25) is 9.84 Å². The van der Waals surface area contributed by atoms with Gasteiger partial charge in [0.15, 0.2) is 10.8 Å². The Morgan fingerprint density at radius 2 is 1.30 bits per heavy atom. The summed E-state index contributed by atoms with van der Waals surface area (Å²) in [6.45, 7) is 9.28. The zero-order chi connectivity index (χ0) is 45.7. The van der Waals surface area contributed by atoms with Gasteiger partial charge in [-0.2, -0.15) is 18.5 Å². The zero-order valence-electron chi connectivity index (χ0n) is 38.6. The third-order valence-corrected chi connectivity index (χ3v) is 16.2. The van der Waals surface area contributed by atoms with E-state index in [0.717, 1.165) is 125 Å². The fraction of sp³-hybridized carbons (Fsp3) is 0.596. The number of ketones is 1. The molecule has 2 N–H and O–H groups in total. The molecule has 4 aromatic rings. The summed E-state index contributed by atoms with van der Waals surface area (Å²) in [6.07, 6.45) is 14.7. The van der Waals surface area contributed by atoms with Crippen molar-refractivity contribution in [1.82, 2.24) is 39.1 Å². The van der Waals surface area contributed by atoms with E-state index in [0.29, 0.717) is 12.4 Å². The number of rotatable bonds is 13. The summed E-state index contributed by atoms with van der Waals surface area (Å²) < 4.78 is 57.8. The normalized spacial score (nSPS) is 18.1. The largest absolute Gasteiger partial charge is 0.333 e. The molecule has 0 spiro atoms. The van der Waals surface area contributed by atoms with Gasteiger partial charge in [0.05, 0.1) is 18.3 Å². The lowest BCUT2D eigenvalue weighted by molar-refractivity contribution is -0.116. The highest BCUT2D eigenvalue weighted by molar-refractivity contribution is 7.92. The number of sulfone groups is 1. The molecule has 3 heterocycles. The first-order chi connectivity index (χ1) is 30.4. The van der Waals surface area contributed by atoms with E-state index in [2.05, 4.69) is 49.3 Å². The van der Waals surface area contributed by atoms with Crippen LogP contribution in [0.5, 0.6) is 0 Å². The molecule has 17 heteroatoms. The third-order valence-electron chi connectivity index (χ3n) is 13.5. The van der Waals surface area contributed by atoms with E-state index in [9.17, 15) is 26.4 Å². The van der Waals surface area contributed by atoms with Crippen molar-refractivity contribution >= 4 is 37.4 Å². The number of nitrogens with zero attached hydrogens (tertiary/aromatic N) is 7. The summed E-state index contributed by atoms with van der Waals surface area (Å²) in [5, 5.41) is 11.1. The van der Waals surface area contributed by atoms with Crippen molar-refractivity contribution in [2.45, 2.75) is 159 Å². The standard InChI is InChI=1S/C26H35N3O3S.C21H30N6O3S/c1-17(2)29-25(24-11-6-12-28(24)3)15-26(27-29)33(31,32)16-20(30)14-23-21-9-4-7-18(21)13-19-8-5-10-22(19)23;1-13(2)27-18(12-26(3)4)22-21(24-27)31(29,30)25-20(28)23-19-16-9-5-7-14(16)11-15-8-6-10-17(15)19/h13,15,17,24H,4-12,14,16H2,1-3H3;11,13H,5-10,12H2,1-4H3,(H2,23,25,28). The summed E-state index contributed by atoms with van der Waals surface area (Å²) in [6, 6.07) is 5.72. The van der Waals surface area contributed by atoms with Crippen LogP contribution in [0.25, 0.3) is 0 Å². The predicted octanol–water partition coefficient (Wildman–Crippen LogP) is 6.20. The Hall–Kier alpha value is -4.45. The molecule has 1 aliphatic heterocycles. The number of Topliss-reactive ketones (excluding diaryl/α,β-unsaturated/α-hetero) is 1. The van der Waals surface area contributed by atoms with Crippen molar-refractivity contribution in [3.8, 4) is 0 Å². The highest BCUT2D eigenvalue weighted by Gasteiger charge is 2.33. The number of aryl methyl sites for hydroxylation is 4. The van der Waals surface area contributed by atoms with E-state index >= 15 is 0 Å². The Kier molecular flexibility index (Phi) is 13.3. The number of hydrogen-bond acceptors (Lipinski definition) is 11. The second kappa shape index (κ2) is 18.4. The fourth-order valence-electron chi connectivity index (χ4n) is 10.7. The van der Waals surface area contributed by atoms with Gasteiger partial charge in [-0.05, 0) is 195 Å². The number of anilines is 1. The molecule has 15 nitrogen and oxygen atoms in total. The summed E-state index contributed by atoms with van der Waals surface area (Å²) in [5.74, 6) is -0.164. The Balaban J connectivity index is 0.000000175. The quantitative estimate of drug-likeness (QED) is 0.156. The van der Waals surface area contributed by atoms with Gasteiger partial charge >= 0.3 is 16.1 Å². The van der Waals surface area contributed by atoms with Crippen LogP contribution >= 0.6 is 0 Å². The summed E-state index contributed by atoms with van der Waals surface area (Å²) in [7, 11) is -2.18. The average molecular weight is 916 g/mol. The van der Waals surface area contributed by atoms with Gasteiger partial charge in [-0.25, -0.2) is 22.6 Å². The Labute approximate surface area is 378 Å². The SMILES string of the molecule is CC(C)n1nc(S(=O)(=O)CC(=O)Cc2c3c(cc4c2CCC4)CCC3)cc1C1CCCN1C.CC(C)n1nc(S(=O)(=O)NC(=O)Nc2c3c(cc4c2CCC4)CCC3)nc1CN(C)C. The molecular weight excluding hydrogens is 851 g/mol. The molecule has 1 fully saturated rings. The predicted molar refractivity (Wildman–Crippen MR) is 246 cm³/mol. The van der Waals surface area contributed by atoms with Gasteiger partial charge < -0.3 is 10.2 Å². The second-order valence-electron chi connectivity index (χ2n) is 19.3. The van der Waals surface area contributed by atoms with Crippen molar-refractivity contribution in [1.29, 1.82) is 0 Å². The number of benzene rings is 2. The molecule has 4 aliphatic carbocycles. The molecule has 1 unspecified atom stereocenters. The van der Waals surface area contributed by atoms with Gasteiger partial charge in [-0.1, -0.05) is 12.1 Å². The number of urea groups is 1. The van der Waals surface area contributed by atoms with E-state index < -0.39 is 36.8 Å². The lowest BCUT2D eigenvalue weighted by Gasteiger charge is -2.21. The number of likely N-dealkylation sites (tertiary alicyclic amines) is 1. The van der Waals surface area contributed by atoms with Crippen molar-refractivity contribution in [2.75, 3.05) is 38.8 Å². The molecule has 9 rings (SSSR count). The van der Waals surface area contributed by atoms with Gasteiger partial charge in [0.1, 0.15) is 11.6 Å². The van der Waals surface area contributed by atoms with E-state index in [1.807, 2.05) is 51.4 Å². The van der Waals surface area contributed by atoms with Crippen LogP contribution in [-0.4, -0.2) is 96.4 Å². The van der Waals surface area contributed by atoms with Gasteiger partial charge in [-0.3, -0.25) is 14.4 Å². The topological polar surface area (TPSA) is 181 Å². The maximum Gasteiger partial charge on any atom is 0.333 e. The minimum Gasteiger partial charge on any atom is -0.307 e. The molecule has 1 atom stereocenters. The van der Waals surface area contributed by atoms with Crippen LogP contribution in [0.4, 0.5) is 10.5 Å². The average Bonchev–Trinajstić information content (AvgIpc) is 4.07. The minimum atomic E-state index is -4.20. The molecule has 0 saturated carbocycles. The van der Waals surface area contributed by atoms with Crippen LogP contribution in [0.2, 0.25) is 0 Å². The second-order valence-corrected chi connectivity index (χ2v) is 22.8. The van der Waals surface area contributed by atoms with E-state index in [1.54, 1.807) is 10.7 Å². The molecule has 5 aliphatic rings. The minimum absolute atomic E-state index is 0.0448. The zero-order valence-corrected chi connectivity index (χ0v) is 40.2. The number of fused-ring (bicyclic) bond motifs is 4. The van der Waals surface area contributed by atoms with E-state index in [-0.39, 0.29) is 35.4 Å². The van der Waals surface area contributed by atoms with Crippen molar-refractivity contribution in [2.24, 2.45) is 0 Å². The molecule has 0 radical (unpaired) electrons. The maximum absolute atomic E-state index is 13.3. The molecule has 2 amide bonds. The number of carbonyl (C=O) groups is 2. The first kappa shape index (κ1) is 46.1. The lowest BCUT2D eigenvalue weighted by Crippen LogP contribution is -2.35. The van der Waals surface area contributed by atoms with Crippen molar-refractivity contribution in [3.05, 3.63) is 79.8 Å². The summed E-state index contributed by atoms with van der Waals surface area (Å²) in [4.78, 5) is 34.2. The first-order valence-electron chi connectivity index (χ1n) is 23.2. The number of amides is 2. The molecule has 2 aromatic heterocycles. The molecule has 2 aromatic carbocycles. The molecule has 1 saturated heterocycles. The Morgan fingerprint density at radius 3 is 1.81 bits per heavy atom. The number of hydrogen-bond donors (Lipinski definition) is 2. The van der Waals surface area contributed by atoms with Crippen LogP contribution in [-0.2, 0) is 89.0 Å². The number of carbonyl (C=O) groups excluding carboxylic acids is 2. The van der Waals surface area contributed by atoms with E-state index in [4.69, 9.17) is 0 Å². The van der Waals surface area contributed by atoms with Gasteiger partial charge in [-0.15, -0.1) is 5.10 Å². The fourth-order valence-corrected chi connectivity index (χ4v) is 12.7. The number of aromatic nitrogens is 5. The first-order valence-corrected chi connectivity index (χ1v) is 26.3. The molecule has 0 bridgehead atoms. The van der Waals surface area contributed by atoms with Gasteiger partial charge in [0.25, 0.3) is 5.16 Å². The highest BCUT2D eigenvalue weighted by atomic mass is 32.2. The van der Waals surface area contributed by atoms with Crippen molar-refractivity contribution < 1.29 is 26.4 Å². The summed E-state index contributed by atoms with van der Waals surface area (Å²) >= 11 is 0. The van der Waals surface area contributed by atoms with Gasteiger partial charge in [0, 0.05) is 30.3 Å². The third kappa shape index (κ3) is 9.45.